The van der Waals surface area contributed by atoms with E-state index in [1.54, 1.807) is 0 Å². The lowest BCUT2D eigenvalue weighted by molar-refractivity contribution is 0.304. The lowest BCUT2D eigenvalue weighted by Gasteiger charge is -2.06. The molecule has 128 valence electrons. The zero-order valence-corrected chi connectivity index (χ0v) is 14.6. The van der Waals surface area contributed by atoms with Crippen molar-refractivity contribution in [2.45, 2.75) is 45.4 Å². The minimum Gasteiger partial charge on any atom is -0.494 e. The summed E-state index contributed by atoms with van der Waals surface area (Å²) in [6, 6.07) is 18.0. The molecule has 0 bridgehead atoms. The summed E-state index contributed by atoms with van der Waals surface area (Å²) in [6.45, 7) is 3.05. The van der Waals surface area contributed by atoms with Crippen LogP contribution in [0.5, 0.6) is 5.75 Å². The minimum absolute atomic E-state index is 0.801. The second-order valence-corrected chi connectivity index (χ2v) is 5.92. The van der Waals surface area contributed by atoms with Gasteiger partial charge in [0.05, 0.1) is 18.5 Å². The van der Waals surface area contributed by atoms with E-state index in [2.05, 4.69) is 17.5 Å². The monoisotopic (exact) mass is 324 g/mol. The standard InChI is InChI=1S/C21H28N2O/c1-2-3-4-5-6-10-17-24-21-15-13-19(14-16-21)18-22-23-20-11-8-7-9-12-20/h7-9,11-16,18,23H,2-6,10,17H2,1H3. The number of nitrogens with one attached hydrogen (secondary N) is 1. The van der Waals surface area contributed by atoms with Crippen molar-refractivity contribution in [3.05, 3.63) is 60.2 Å². The molecule has 0 amide bonds. The fraction of sp³-hybridized carbons (Fsp3) is 0.381. The van der Waals surface area contributed by atoms with Gasteiger partial charge in [-0.15, -0.1) is 0 Å². The first kappa shape index (κ1) is 18.1. The van der Waals surface area contributed by atoms with E-state index in [1.165, 1.54) is 32.1 Å². The Morgan fingerprint density at radius 1 is 0.875 bits per heavy atom. The molecule has 24 heavy (non-hydrogen) atoms. The zero-order chi connectivity index (χ0) is 16.9. The van der Waals surface area contributed by atoms with Gasteiger partial charge in [-0.05, 0) is 48.4 Å². The summed E-state index contributed by atoms with van der Waals surface area (Å²) in [5.74, 6) is 0.928. The number of ether oxygens (including phenoxy) is 1. The largest absolute Gasteiger partial charge is 0.494 e. The first-order valence-corrected chi connectivity index (χ1v) is 8.95. The van der Waals surface area contributed by atoms with Crippen LogP contribution in [-0.4, -0.2) is 12.8 Å². The minimum atomic E-state index is 0.801. The van der Waals surface area contributed by atoms with E-state index in [0.29, 0.717) is 0 Å². The SMILES string of the molecule is CCCCCCCCOc1ccc(C=NNc2ccccc2)cc1. The highest BCUT2D eigenvalue weighted by atomic mass is 16.5. The van der Waals surface area contributed by atoms with Crippen molar-refractivity contribution in [1.82, 2.24) is 0 Å². The van der Waals surface area contributed by atoms with Crippen molar-refractivity contribution >= 4 is 11.9 Å². The molecule has 0 aliphatic heterocycles. The number of anilines is 1. The Labute approximate surface area is 145 Å². The van der Waals surface area contributed by atoms with Gasteiger partial charge in [0, 0.05) is 0 Å². The van der Waals surface area contributed by atoms with E-state index in [4.69, 9.17) is 4.74 Å². The molecule has 3 heteroatoms. The topological polar surface area (TPSA) is 33.6 Å². The van der Waals surface area contributed by atoms with Gasteiger partial charge in [-0.25, -0.2) is 0 Å². The van der Waals surface area contributed by atoms with Crippen molar-refractivity contribution in [3.63, 3.8) is 0 Å². The van der Waals surface area contributed by atoms with Gasteiger partial charge in [0.2, 0.25) is 0 Å². The fourth-order valence-corrected chi connectivity index (χ4v) is 2.42. The Bertz CT molecular complexity index is 579. The summed E-state index contributed by atoms with van der Waals surface area (Å²) in [6.07, 6.45) is 9.52. The maximum atomic E-state index is 5.78. The van der Waals surface area contributed by atoms with E-state index in [1.807, 2.05) is 60.8 Å². The Morgan fingerprint density at radius 3 is 2.33 bits per heavy atom. The normalized spacial score (nSPS) is 10.9. The Hall–Kier alpha value is -2.29. The van der Waals surface area contributed by atoms with Gasteiger partial charge in [0.15, 0.2) is 0 Å². The van der Waals surface area contributed by atoms with Gasteiger partial charge in [-0.2, -0.15) is 5.10 Å². The van der Waals surface area contributed by atoms with E-state index in [9.17, 15) is 0 Å². The molecule has 0 aromatic heterocycles. The van der Waals surface area contributed by atoms with Crippen LogP contribution in [-0.2, 0) is 0 Å². The number of hydrogen-bond donors (Lipinski definition) is 1. The van der Waals surface area contributed by atoms with Crippen molar-refractivity contribution in [2.24, 2.45) is 5.10 Å². The predicted octanol–water partition coefficient (Wildman–Crippen LogP) is 5.87. The molecule has 3 nitrogen and oxygen atoms in total. The van der Waals surface area contributed by atoms with Gasteiger partial charge in [0.1, 0.15) is 5.75 Å². The molecule has 1 N–H and O–H groups in total. The molecule has 0 fully saturated rings. The summed E-state index contributed by atoms with van der Waals surface area (Å²) in [7, 11) is 0. The Kier molecular flexibility index (Phi) is 8.48. The molecule has 0 aliphatic rings. The molecular formula is C21H28N2O. The fourth-order valence-electron chi connectivity index (χ4n) is 2.42. The molecule has 0 radical (unpaired) electrons. The molecule has 0 atom stereocenters. The highest BCUT2D eigenvalue weighted by Crippen LogP contribution is 2.13. The third-order valence-corrected chi connectivity index (χ3v) is 3.83. The smallest absolute Gasteiger partial charge is 0.119 e. The first-order chi connectivity index (χ1) is 11.9. The van der Waals surface area contributed by atoms with Crippen LogP contribution in [0.2, 0.25) is 0 Å². The number of rotatable bonds is 11. The summed E-state index contributed by atoms with van der Waals surface area (Å²) < 4.78 is 5.78. The predicted molar refractivity (Wildman–Crippen MR) is 103 cm³/mol. The number of hydrazone groups is 1. The third-order valence-electron chi connectivity index (χ3n) is 3.83. The van der Waals surface area contributed by atoms with Gasteiger partial charge in [-0.1, -0.05) is 57.2 Å². The number of unbranched alkanes of at least 4 members (excludes halogenated alkanes) is 5. The van der Waals surface area contributed by atoms with Gasteiger partial charge in [-0.3, -0.25) is 5.43 Å². The summed E-state index contributed by atoms with van der Waals surface area (Å²) in [5, 5.41) is 4.24. The van der Waals surface area contributed by atoms with E-state index in [-0.39, 0.29) is 0 Å². The van der Waals surface area contributed by atoms with Crippen molar-refractivity contribution in [3.8, 4) is 5.75 Å². The number of para-hydroxylation sites is 1. The Balaban J connectivity index is 1.65. The molecule has 2 aromatic rings. The third kappa shape index (κ3) is 7.32. The van der Waals surface area contributed by atoms with Crippen LogP contribution in [0.4, 0.5) is 5.69 Å². The number of nitrogens with zero attached hydrogens (tertiary/aromatic N) is 1. The van der Waals surface area contributed by atoms with Crippen molar-refractivity contribution in [1.29, 1.82) is 0 Å². The van der Waals surface area contributed by atoms with E-state index < -0.39 is 0 Å². The number of benzene rings is 2. The van der Waals surface area contributed by atoms with Crippen LogP contribution in [0.1, 0.15) is 51.0 Å². The van der Waals surface area contributed by atoms with Crippen LogP contribution in [0.3, 0.4) is 0 Å². The van der Waals surface area contributed by atoms with Crippen LogP contribution < -0.4 is 10.2 Å². The van der Waals surface area contributed by atoms with E-state index >= 15 is 0 Å². The lowest BCUT2D eigenvalue weighted by Crippen LogP contribution is -1.97. The average molecular weight is 324 g/mol. The van der Waals surface area contributed by atoms with Crippen LogP contribution in [0, 0.1) is 0 Å². The molecule has 0 saturated heterocycles. The van der Waals surface area contributed by atoms with Gasteiger partial charge < -0.3 is 4.74 Å². The summed E-state index contributed by atoms with van der Waals surface area (Å²) >= 11 is 0. The number of hydrogen-bond acceptors (Lipinski definition) is 3. The van der Waals surface area contributed by atoms with Gasteiger partial charge >= 0.3 is 0 Å². The van der Waals surface area contributed by atoms with Crippen LogP contribution in [0.15, 0.2) is 59.7 Å². The van der Waals surface area contributed by atoms with Crippen molar-refractivity contribution < 1.29 is 4.74 Å². The summed E-state index contributed by atoms with van der Waals surface area (Å²) in [5.41, 5.74) is 5.03. The summed E-state index contributed by atoms with van der Waals surface area (Å²) in [4.78, 5) is 0. The maximum Gasteiger partial charge on any atom is 0.119 e. The molecule has 0 saturated carbocycles. The van der Waals surface area contributed by atoms with Crippen LogP contribution in [0.25, 0.3) is 0 Å². The molecule has 2 rings (SSSR count). The van der Waals surface area contributed by atoms with Gasteiger partial charge in [0.25, 0.3) is 0 Å². The quantitative estimate of drug-likeness (QED) is 0.318. The molecule has 0 heterocycles. The molecular weight excluding hydrogens is 296 g/mol. The Morgan fingerprint density at radius 2 is 1.58 bits per heavy atom. The van der Waals surface area contributed by atoms with Crippen LogP contribution >= 0.6 is 0 Å². The molecule has 0 aliphatic carbocycles. The molecule has 0 spiro atoms. The highest BCUT2D eigenvalue weighted by Gasteiger charge is 1.95. The highest BCUT2D eigenvalue weighted by molar-refractivity contribution is 5.80. The second-order valence-electron chi connectivity index (χ2n) is 5.92. The maximum absolute atomic E-state index is 5.78. The lowest BCUT2D eigenvalue weighted by atomic mass is 10.1. The average Bonchev–Trinajstić information content (AvgIpc) is 2.63. The molecule has 0 unspecified atom stereocenters. The molecule has 2 aromatic carbocycles. The zero-order valence-electron chi connectivity index (χ0n) is 14.6. The van der Waals surface area contributed by atoms with Crippen molar-refractivity contribution in [2.75, 3.05) is 12.0 Å². The van der Waals surface area contributed by atoms with E-state index in [0.717, 1.165) is 30.0 Å². The second kappa shape index (κ2) is 11.3. The first-order valence-electron chi connectivity index (χ1n) is 8.95.